The van der Waals surface area contributed by atoms with Crippen molar-refractivity contribution in [1.29, 1.82) is 0 Å². The molecule has 0 saturated heterocycles. The van der Waals surface area contributed by atoms with Crippen molar-refractivity contribution >= 4 is 11.6 Å². The van der Waals surface area contributed by atoms with Gasteiger partial charge >= 0.3 is 6.36 Å². The highest BCUT2D eigenvalue weighted by atomic mass is 19.4. The molecule has 2 heterocycles. The van der Waals surface area contributed by atoms with Crippen LogP contribution in [0.3, 0.4) is 0 Å². The Hall–Kier alpha value is -3.41. The van der Waals surface area contributed by atoms with E-state index in [0.717, 1.165) is 31.0 Å². The van der Waals surface area contributed by atoms with E-state index in [-0.39, 0.29) is 28.3 Å². The predicted molar refractivity (Wildman–Crippen MR) is 112 cm³/mol. The number of aliphatic hydroxyl groups is 1. The van der Waals surface area contributed by atoms with Crippen LogP contribution in [0.15, 0.2) is 35.3 Å². The van der Waals surface area contributed by atoms with Gasteiger partial charge in [-0.2, -0.15) is 4.52 Å². The number of hydrogen-bond donors (Lipinski definition) is 2. The first-order valence-corrected chi connectivity index (χ1v) is 10.4. The fourth-order valence-corrected chi connectivity index (χ4v) is 3.80. The van der Waals surface area contributed by atoms with Crippen LogP contribution in [0.25, 0.3) is 5.65 Å². The van der Waals surface area contributed by atoms with E-state index in [9.17, 15) is 32.3 Å². The summed E-state index contributed by atoms with van der Waals surface area (Å²) >= 11 is 0. The maximum absolute atomic E-state index is 14.3. The molecule has 0 spiro atoms. The lowest BCUT2D eigenvalue weighted by molar-refractivity contribution is -0.275. The highest BCUT2D eigenvalue weighted by molar-refractivity contribution is 6.00. The second kappa shape index (κ2) is 8.12. The molecule has 8 nitrogen and oxygen atoms in total. The number of alkyl halides is 3. The molecule has 12 heteroatoms. The van der Waals surface area contributed by atoms with E-state index in [1.165, 1.54) is 35.3 Å². The first-order chi connectivity index (χ1) is 15.7. The number of benzene rings is 1. The van der Waals surface area contributed by atoms with Gasteiger partial charge in [0.15, 0.2) is 17.2 Å². The van der Waals surface area contributed by atoms with Gasteiger partial charge in [-0.25, -0.2) is 9.37 Å². The van der Waals surface area contributed by atoms with Gasteiger partial charge in [-0.1, -0.05) is 6.07 Å². The van der Waals surface area contributed by atoms with Crippen LogP contribution in [-0.2, 0) is 7.05 Å². The first kappa shape index (κ1) is 23.7. The Morgan fingerprint density at radius 2 is 1.94 bits per heavy atom. The second-order valence-electron chi connectivity index (χ2n) is 8.84. The number of aryl methyl sites for hydroxylation is 1. The Labute approximate surface area is 190 Å². The fourth-order valence-electron chi connectivity index (χ4n) is 3.80. The Bertz CT molecular complexity index is 1320. The van der Waals surface area contributed by atoms with Crippen molar-refractivity contribution in [2.75, 3.05) is 0 Å². The number of ether oxygens (including phenoxy) is 1. The molecule has 1 aromatic carbocycles. The van der Waals surface area contributed by atoms with Crippen molar-refractivity contribution in [1.82, 2.24) is 19.5 Å². The average Bonchev–Trinajstić information content (AvgIpc) is 3.49. The minimum absolute atomic E-state index is 0.0110. The Kier molecular flexibility index (Phi) is 5.67. The van der Waals surface area contributed by atoms with Crippen LogP contribution < -0.4 is 15.6 Å². The van der Waals surface area contributed by atoms with Gasteiger partial charge in [0.05, 0.1) is 17.3 Å². The van der Waals surface area contributed by atoms with E-state index in [2.05, 4.69) is 15.0 Å². The third-order valence-electron chi connectivity index (χ3n) is 5.53. The fraction of sp³-hybridized carbons (Fsp3) is 0.409. The molecular formula is C22H22F4N4O4. The van der Waals surface area contributed by atoms with Crippen molar-refractivity contribution in [3.05, 3.63) is 63.5 Å². The molecule has 0 radical (unpaired) electrons. The number of carbonyl (C=O) groups is 1. The normalized spacial score (nSPS) is 15.4. The third kappa shape index (κ3) is 4.76. The van der Waals surface area contributed by atoms with E-state index in [1.54, 1.807) is 7.05 Å². The summed E-state index contributed by atoms with van der Waals surface area (Å²) in [5.74, 6) is -2.90. The number of amides is 1. The molecule has 1 saturated carbocycles. The molecule has 3 aromatic rings. The van der Waals surface area contributed by atoms with Gasteiger partial charge in [0.25, 0.3) is 11.5 Å². The van der Waals surface area contributed by atoms with Crippen molar-refractivity contribution < 1.29 is 32.2 Å². The summed E-state index contributed by atoms with van der Waals surface area (Å²) in [6, 6.07) is 2.85. The summed E-state index contributed by atoms with van der Waals surface area (Å²) < 4.78 is 57.9. The zero-order valence-electron chi connectivity index (χ0n) is 18.5. The quantitative estimate of drug-likeness (QED) is 0.526. The average molecular weight is 482 g/mol. The van der Waals surface area contributed by atoms with Crippen molar-refractivity contribution in [3.8, 4) is 5.75 Å². The largest absolute Gasteiger partial charge is 0.573 e. The van der Waals surface area contributed by atoms with E-state index in [0.29, 0.717) is 5.69 Å². The summed E-state index contributed by atoms with van der Waals surface area (Å²) in [6.45, 7) is 2.71. The predicted octanol–water partition coefficient (Wildman–Crippen LogP) is 3.19. The number of hydrogen-bond acceptors (Lipinski definition) is 5. The summed E-state index contributed by atoms with van der Waals surface area (Å²) in [5, 5.41) is 13.2. The maximum Gasteiger partial charge on any atom is 0.573 e. The standard InChI is InChI=1S/C22H22F4N4O4/c1-21(2,33)18(12-6-7-16(14(23)8-12)34-22(24,25)26)28-20(32)13-10-29(3)30-17(31)9-15(11-4-5-11)27-19(13)30/h6-11,18,33H,4-5H2,1-3H3,(H,28,32)/t18-/m0/s1. The number of halogens is 4. The lowest BCUT2D eigenvalue weighted by Gasteiger charge is -2.30. The van der Waals surface area contributed by atoms with E-state index in [4.69, 9.17) is 0 Å². The molecule has 1 atom stereocenters. The van der Waals surface area contributed by atoms with Crippen LogP contribution in [-0.4, -0.2) is 37.2 Å². The van der Waals surface area contributed by atoms with Crippen LogP contribution in [0, 0.1) is 5.82 Å². The molecule has 1 aliphatic carbocycles. The van der Waals surface area contributed by atoms with Gasteiger partial charge < -0.3 is 15.2 Å². The van der Waals surface area contributed by atoms with E-state index < -0.39 is 35.5 Å². The molecule has 4 rings (SSSR count). The van der Waals surface area contributed by atoms with E-state index >= 15 is 0 Å². The van der Waals surface area contributed by atoms with E-state index in [1.807, 2.05) is 0 Å². The molecule has 0 unspecified atom stereocenters. The van der Waals surface area contributed by atoms with Gasteiger partial charge in [0, 0.05) is 25.2 Å². The summed E-state index contributed by atoms with van der Waals surface area (Å²) in [4.78, 5) is 30.2. The van der Waals surface area contributed by atoms with Crippen molar-refractivity contribution in [3.63, 3.8) is 0 Å². The molecule has 1 amide bonds. The highest BCUT2D eigenvalue weighted by Gasteiger charge is 2.35. The van der Waals surface area contributed by atoms with Crippen LogP contribution in [0.5, 0.6) is 5.75 Å². The number of aromatic nitrogens is 3. The third-order valence-corrected chi connectivity index (χ3v) is 5.53. The van der Waals surface area contributed by atoms with Crippen LogP contribution in [0.4, 0.5) is 17.6 Å². The molecule has 0 aliphatic heterocycles. The molecule has 1 aliphatic rings. The van der Waals surface area contributed by atoms with Crippen LogP contribution in [0.2, 0.25) is 0 Å². The van der Waals surface area contributed by atoms with Gasteiger partial charge in [-0.15, -0.1) is 13.2 Å². The highest BCUT2D eigenvalue weighted by Crippen LogP contribution is 2.38. The minimum Gasteiger partial charge on any atom is -0.403 e. The molecular weight excluding hydrogens is 460 g/mol. The number of nitrogens with zero attached hydrogens (tertiary/aromatic N) is 3. The van der Waals surface area contributed by atoms with Crippen molar-refractivity contribution in [2.24, 2.45) is 7.05 Å². The smallest absolute Gasteiger partial charge is 0.403 e. The SMILES string of the molecule is Cn1cc(C(=O)N[C@@H](c2ccc(OC(F)(F)F)c(F)c2)C(C)(C)O)c2nc(C3CC3)cc(=O)n21. The second-order valence-corrected chi connectivity index (χ2v) is 8.84. The van der Waals surface area contributed by atoms with Gasteiger partial charge in [-0.05, 0) is 44.4 Å². The number of nitrogens with one attached hydrogen (secondary N) is 1. The molecule has 0 bridgehead atoms. The number of carbonyl (C=O) groups excluding carboxylic acids is 1. The molecule has 182 valence electrons. The monoisotopic (exact) mass is 482 g/mol. The Morgan fingerprint density at radius 3 is 2.50 bits per heavy atom. The summed E-state index contributed by atoms with van der Waals surface area (Å²) in [6.07, 6.45) is -1.88. The topological polar surface area (TPSA) is 97.9 Å². The number of fused-ring (bicyclic) bond motifs is 1. The van der Waals surface area contributed by atoms with Gasteiger partial charge in [-0.3, -0.25) is 14.3 Å². The number of rotatable bonds is 6. The molecule has 1 fully saturated rings. The zero-order chi connectivity index (χ0) is 25.0. The first-order valence-electron chi connectivity index (χ1n) is 10.4. The van der Waals surface area contributed by atoms with Gasteiger partial charge in [0.1, 0.15) is 5.56 Å². The van der Waals surface area contributed by atoms with Crippen LogP contribution in [0.1, 0.15) is 60.3 Å². The van der Waals surface area contributed by atoms with Gasteiger partial charge in [0.2, 0.25) is 0 Å². The van der Waals surface area contributed by atoms with Crippen LogP contribution >= 0.6 is 0 Å². The summed E-state index contributed by atoms with van der Waals surface area (Å²) in [5.41, 5.74) is -1.21. The molecule has 2 aromatic heterocycles. The Morgan fingerprint density at radius 1 is 1.26 bits per heavy atom. The lowest BCUT2D eigenvalue weighted by Crippen LogP contribution is -2.42. The Balaban J connectivity index is 1.69. The minimum atomic E-state index is -5.08. The molecule has 34 heavy (non-hydrogen) atoms. The summed E-state index contributed by atoms with van der Waals surface area (Å²) in [7, 11) is 1.56. The maximum atomic E-state index is 14.3. The lowest BCUT2D eigenvalue weighted by atomic mass is 9.91. The van der Waals surface area contributed by atoms with Crippen molar-refractivity contribution in [2.45, 2.75) is 50.6 Å². The molecule has 2 N–H and O–H groups in total. The zero-order valence-corrected chi connectivity index (χ0v) is 18.5.